The van der Waals surface area contributed by atoms with E-state index in [1.165, 1.54) is 0 Å². The topological polar surface area (TPSA) is 38.1 Å². The lowest BCUT2D eigenvalue weighted by Gasteiger charge is -2.39. The average molecular weight is 338 g/mol. The third-order valence-corrected chi connectivity index (χ3v) is 4.91. The maximum absolute atomic E-state index is 12.3. The van der Waals surface area contributed by atoms with Crippen LogP contribution in [-0.2, 0) is 4.79 Å². The number of carbonyl (C=O) groups is 1. The molecule has 2 bridgehead atoms. The molecule has 1 aromatic rings. The van der Waals surface area contributed by atoms with Gasteiger partial charge in [0.2, 0.25) is 5.91 Å². The maximum Gasteiger partial charge on any atom is 0.223 e. The van der Waals surface area contributed by atoms with Crippen LogP contribution in [0.15, 0.2) is 29.5 Å². The summed E-state index contributed by atoms with van der Waals surface area (Å²) in [6, 6.07) is 1.24. The van der Waals surface area contributed by atoms with Crippen LogP contribution < -0.4 is 0 Å². The van der Waals surface area contributed by atoms with Crippen LogP contribution in [0.2, 0.25) is 0 Å². The van der Waals surface area contributed by atoms with Gasteiger partial charge in [-0.3, -0.25) is 9.48 Å². The fourth-order valence-electron chi connectivity index (χ4n) is 3.64. The van der Waals surface area contributed by atoms with Crippen LogP contribution >= 0.6 is 15.9 Å². The molecular formula is C15H20BrN3O. The molecule has 3 heterocycles. The van der Waals surface area contributed by atoms with Gasteiger partial charge in [-0.2, -0.15) is 5.10 Å². The Morgan fingerprint density at radius 1 is 1.40 bits per heavy atom. The first kappa shape index (κ1) is 13.9. The highest BCUT2D eigenvalue weighted by molar-refractivity contribution is 9.10. The van der Waals surface area contributed by atoms with Gasteiger partial charge in [-0.25, -0.2) is 0 Å². The van der Waals surface area contributed by atoms with Crippen molar-refractivity contribution in [2.75, 3.05) is 0 Å². The van der Waals surface area contributed by atoms with Crippen LogP contribution in [0, 0.1) is 0 Å². The van der Waals surface area contributed by atoms with Gasteiger partial charge in [-0.1, -0.05) is 6.08 Å². The van der Waals surface area contributed by atoms with E-state index in [-0.39, 0.29) is 0 Å². The van der Waals surface area contributed by atoms with Crippen LogP contribution in [0.5, 0.6) is 0 Å². The molecule has 2 atom stereocenters. The van der Waals surface area contributed by atoms with Gasteiger partial charge in [0.25, 0.3) is 0 Å². The van der Waals surface area contributed by atoms with Gasteiger partial charge < -0.3 is 4.90 Å². The second kappa shape index (κ2) is 5.72. The predicted octanol–water partition coefficient (Wildman–Crippen LogP) is 3.31. The lowest BCUT2D eigenvalue weighted by Crippen LogP contribution is -2.46. The Morgan fingerprint density at radius 3 is 2.65 bits per heavy atom. The number of hydrogen-bond acceptors (Lipinski definition) is 2. The first-order chi connectivity index (χ1) is 9.69. The van der Waals surface area contributed by atoms with Crippen molar-refractivity contribution < 1.29 is 4.79 Å². The minimum atomic E-state index is 0.303. The molecular weight excluding hydrogens is 318 g/mol. The van der Waals surface area contributed by atoms with E-state index in [1.807, 2.05) is 18.5 Å². The Bertz CT molecular complexity index is 499. The number of piperidine rings is 1. The fraction of sp³-hybridized carbons (Fsp3) is 0.600. The van der Waals surface area contributed by atoms with Gasteiger partial charge in [0.15, 0.2) is 0 Å². The summed E-state index contributed by atoms with van der Waals surface area (Å²) in [4.78, 5) is 14.5. The molecule has 108 valence electrons. The molecule has 3 rings (SSSR count). The van der Waals surface area contributed by atoms with Gasteiger partial charge in [0, 0.05) is 24.7 Å². The highest BCUT2D eigenvalue weighted by atomic mass is 79.9. The number of aromatic nitrogens is 2. The molecule has 0 aromatic carbocycles. The molecule has 2 aliphatic rings. The minimum Gasteiger partial charge on any atom is -0.337 e. The summed E-state index contributed by atoms with van der Waals surface area (Å²) >= 11 is 3.45. The fourth-order valence-corrected chi connectivity index (χ4v) is 3.94. The Labute approximate surface area is 128 Å². The summed E-state index contributed by atoms with van der Waals surface area (Å²) in [6.45, 7) is 3.70. The number of fused-ring (bicyclic) bond motifs is 2. The van der Waals surface area contributed by atoms with E-state index in [2.05, 4.69) is 37.2 Å². The maximum atomic E-state index is 12.3. The van der Waals surface area contributed by atoms with Crippen molar-refractivity contribution in [3.05, 3.63) is 29.5 Å². The molecule has 2 fully saturated rings. The quantitative estimate of drug-likeness (QED) is 0.790. The van der Waals surface area contributed by atoms with Crippen LogP contribution in [0.25, 0.3) is 0 Å². The highest BCUT2D eigenvalue weighted by Gasteiger charge is 2.43. The van der Waals surface area contributed by atoms with Crippen molar-refractivity contribution in [3.63, 3.8) is 0 Å². The lowest BCUT2D eigenvalue weighted by atomic mass is 9.97. The van der Waals surface area contributed by atoms with Crippen molar-refractivity contribution >= 4 is 21.8 Å². The normalized spacial score (nSPS) is 28.6. The Balaban J connectivity index is 1.69. The summed E-state index contributed by atoms with van der Waals surface area (Å²) in [5.74, 6) is 0.303. The molecule has 2 saturated heterocycles. The van der Waals surface area contributed by atoms with Crippen LogP contribution in [-0.4, -0.2) is 32.7 Å². The second-order valence-corrected chi connectivity index (χ2v) is 6.69. The number of halogens is 1. The first-order valence-electron chi connectivity index (χ1n) is 7.30. The number of amides is 1. The third kappa shape index (κ3) is 2.55. The Hall–Kier alpha value is -1.10. The molecule has 20 heavy (non-hydrogen) atoms. The molecule has 1 amide bonds. The summed E-state index contributed by atoms with van der Waals surface area (Å²) in [6.07, 6.45) is 11.4. The summed E-state index contributed by atoms with van der Waals surface area (Å²) in [5, 5.41) is 4.41. The number of rotatable bonds is 4. The van der Waals surface area contributed by atoms with Gasteiger partial charge >= 0.3 is 0 Å². The largest absolute Gasteiger partial charge is 0.337 e. The Morgan fingerprint density at radius 2 is 2.10 bits per heavy atom. The van der Waals surface area contributed by atoms with Gasteiger partial charge in [-0.15, -0.1) is 6.58 Å². The van der Waals surface area contributed by atoms with Crippen molar-refractivity contribution in [3.8, 4) is 0 Å². The predicted molar refractivity (Wildman–Crippen MR) is 81.3 cm³/mol. The first-order valence-corrected chi connectivity index (χ1v) is 8.10. The molecule has 0 radical (unpaired) electrons. The van der Waals surface area contributed by atoms with E-state index < -0.39 is 0 Å². The Kier molecular flexibility index (Phi) is 3.96. The molecule has 2 aliphatic heterocycles. The van der Waals surface area contributed by atoms with E-state index in [1.54, 1.807) is 0 Å². The molecule has 0 saturated carbocycles. The minimum absolute atomic E-state index is 0.303. The van der Waals surface area contributed by atoms with E-state index in [4.69, 9.17) is 0 Å². The van der Waals surface area contributed by atoms with E-state index >= 15 is 0 Å². The molecule has 4 nitrogen and oxygen atoms in total. The van der Waals surface area contributed by atoms with Crippen LogP contribution in [0.4, 0.5) is 0 Å². The van der Waals surface area contributed by atoms with Crippen molar-refractivity contribution in [2.24, 2.45) is 0 Å². The highest BCUT2D eigenvalue weighted by Crippen LogP contribution is 2.41. The standard InChI is InChI=1S/C15H20BrN3O/c1-2-3-4-15(20)19-12-5-6-13(19)8-14(7-12)18-10-11(16)9-17-18/h2,9-10,12-14H,1,3-8H2. The molecule has 2 unspecified atom stereocenters. The number of nitrogens with zero attached hydrogens (tertiary/aromatic N) is 3. The van der Waals surface area contributed by atoms with Gasteiger partial charge in [0.05, 0.1) is 16.7 Å². The molecule has 0 N–H and O–H groups in total. The van der Waals surface area contributed by atoms with Gasteiger partial charge in [0.1, 0.15) is 0 Å². The number of allylic oxidation sites excluding steroid dienone is 1. The van der Waals surface area contributed by atoms with E-state index in [0.717, 1.165) is 36.6 Å². The smallest absolute Gasteiger partial charge is 0.223 e. The van der Waals surface area contributed by atoms with Crippen molar-refractivity contribution in [1.29, 1.82) is 0 Å². The van der Waals surface area contributed by atoms with Crippen molar-refractivity contribution in [1.82, 2.24) is 14.7 Å². The molecule has 5 heteroatoms. The summed E-state index contributed by atoms with van der Waals surface area (Å²) in [7, 11) is 0. The van der Waals surface area contributed by atoms with Crippen molar-refractivity contribution in [2.45, 2.75) is 56.7 Å². The molecule has 1 aromatic heterocycles. The molecule has 0 aliphatic carbocycles. The van der Waals surface area contributed by atoms with Crippen LogP contribution in [0.1, 0.15) is 44.6 Å². The summed E-state index contributed by atoms with van der Waals surface area (Å²) in [5.41, 5.74) is 0. The SMILES string of the molecule is C=CCCC(=O)N1C2CCC1CC(n1cc(Br)cn1)C2. The number of carbonyl (C=O) groups excluding carboxylic acids is 1. The summed E-state index contributed by atoms with van der Waals surface area (Å²) < 4.78 is 3.08. The molecule has 0 spiro atoms. The zero-order chi connectivity index (χ0) is 14.1. The zero-order valence-electron chi connectivity index (χ0n) is 11.5. The van der Waals surface area contributed by atoms with E-state index in [9.17, 15) is 4.79 Å². The van der Waals surface area contributed by atoms with Crippen LogP contribution in [0.3, 0.4) is 0 Å². The van der Waals surface area contributed by atoms with E-state index in [0.29, 0.717) is 30.5 Å². The number of hydrogen-bond donors (Lipinski definition) is 0. The lowest BCUT2D eigenvalue weighted by molar-refractivity contribution is -0.136. The average Bonchev–Trinajstić information content (AvgIpc) is 2.98. The second-order valence-electron chi connectivity index (χ2n) is 5.78. The van der Waals surface area contributed by atoms with Gasteiger partial charge in [-0.05, 0) is 48.0 Å². The zero-order valence-corrected chi connectivity index (χ0v) is 13.1. The monoisotopic (exact) mass is 337 g/mol. The third-order valence-electron chi connectivity index (χ3n) is 4.50.